The Balaban J connectivity index is 1.55. The normalized spacial score (nSPS) is 11.3. The van der Waals surface area contributed by atoms with Crippen molar-refractivity contribution in [3.8, 4) is 0 Å². The zero-order valence-electron chi connectivity index (χ0n) is 16.5. The fourth-order valence-electron chi connectivity index (χ4n) is 3.80. The van der Waals surface area contributed by atoms with Gasteiger partial charge in [-0.1, -0.05) is 84.9 Å². The molecule has 4 rings (SSSR count). The van der Waals surface area contributed by atoms with E-state index in [0.717, 1.165) is 16.5 Å². The summed E-state index contributed by atoms with van der Waals surface area (Å²) in [4.78, 5) is 17.3. The van der Waals surface area contributed by atoms with Crippen molar-refractivity contribution < 1.29 is 4.79 Å². The number of nitrogens with one attached hydrogen (secondary N) is 1. The lowest BCUT2D eigenvalue weighted by molar-refractivity contribution is -0.120. The van der Waals surface area contributed by atoms with Crippen LogP contribution in [0.15, 0.2) is 97.2 Å². The Hall–Kier alpha value is -3.46. The van der Waals surface area contributed by atoms with Crippen LogP contribution in [0.5, 0.6) is 0 Å². The first-order valence-electron chi connectivity index (χ1n) is 9.87. The van der Waals surface area contributed by atoms with E-state index in [0.29, 0.717) is 13.0 Å². The van der Waals surface area contributed by atoms with E-state index in [1.54, 1.807) is 6.20 Å². The Morgan fingerprint density at radius 1 is 0.828 bits per heavy atom. The summed E-state index contributed by atoms with van der Waals surface area (Å²) >= 11 is 0. The topological polar surface area (TPSA) is 42.0 Å². The van der Waals surface area contributed by atoms with E-state index in [1.807, 2.05) is 66.7 Å². The summed E-state index contributed by atoms with van der Waals surface area (Å²) in [7, 11) is 0. The number of nitrogens with zero attached hydrogens (tertiary/aromatic N) is 1. The minimum atomic E-state index is -0.310. The summed E-state index contributed by atoms with van der Waals surface area (Å²) in [6, 6.07) is 30.6. The first kappa shape index (κ1) is 18.9. The van der Waals surface area contributed by atoms with Crippen LogP contribution in [0.4, 0.5) is 0 Å². The molecule has 0 aliphatic heterocycles. The van der Waals surface area contributed by atoms with Gasteiger partial charge in [-0.25, -0.2) is 0 Å². The van der Waals surface area contributed by atoms with Crippen molar-refractivity contribution in [2.24, 2.45) is 0 Å². The van der Waals surface area contributed by atoms with Gasteiger partial charge in [0, 0.05) is 23.5 Å². The number of para-hydroxylation sites is 1. The molecule has 0 saturated heterocycles. The number of hydrogen-bond donors (Lipinski definition) is 1. The van der Waals surface area contributed by atoms with Crippen molar-refractivity contribution >= 4 is 16.8 Å². The molecule has 0 radical (unpaired) electrons. The molecule has 0 aliphatic rings. The predicted molar refractivity (Wildman–Crippen MR) is 118 cm³/mol. The van der Waals surface area contributed by atoms with Gasteiger partial charge >= 0.3 is 0 Å². The fraction of sp³-hybridized carbons (Fsp3) is 0.154. The smallest absolute Gasteiger partial charge is 0.224 e. The average Bonchev–Trinajstić information content (AvgIpc) is 2.79. The van der Waals surface area contributed by atoms with Gasteiger partial charge in [0.2, 0.25) is 5.91 Å². The van der Waals surface area contributed by atoms with E-state index < -0.39 is 0 Å². The number of hydrogen-bond acceptors (Lipinski definition) is 2. The van der Waals surface area contributed by atoms with E-state index in [1.165, 1.54) is 11.1 Å². The van der Waals surface area contributed by atoms with Gasteiger partial charge in [0.15, 0.2) is 0 Å². The highest BCUT2D eigenvalue weighted by Crippen LogP contribution is 2.31. The first-order chi connectivity index (χ1) is 14.2. The lowest BCUT2D eigenvalue weighted by atomic mass is 9.76. The highest BCUT2D eigenvalue weighted by atomic mass is 16.1. The van der Waals surface area contributed by atoms with Crippen LogP contribution in [0.2, 0.25) is 0 Å². The first-order valence-corrected chi connectivity index (χ1v) is 9.87. The SMILES string of the molecule is CC(CNC(=O)Cc1cccc2cccnc12)(c1ccccc1)c1ccccc1. The highest BCUT2D eigenvalue weighted by Gasteiger charge is 2.29. The molecule has 3 aromatic carbocycles. The predicted octanol–water partition coefficient (Wildman–Crippen LogP) is 4.90. The van der Waals surface area contributed by atoms with Crippen LogP contribution in [0.3, 0.4) is 0 Å². The summed E-state index contributed by atoms with van der Waals surface area (Å²) in [5, 5.41) is 4.22. The largest absolute Gasteiger partial charge is 0.355 e. The summed E-state index contributed by atoms with van der Waals surface area (Å²) in [6.45, 7) is 2.70. The summed E-state index contributed by atoms with van der Waals surface area (Å²) in [5.41, 5.74) is 3.88. The molecule has 144 valence electrons. The van der Waals surface area contributed by atoms with Crippen LogP contribution in [-0.2, 0) is 16.6 Å². The number of pyridine rings is 1. The van der Waals surface area contributed by atoms with Gasteiger partial charge in [0.05, 0.1) is 11.9 Å². The number of benzene rings is 3. The van der Waals surface area contributed by atoms with Crippen LogP contribution in [-0.4, -0.2) is 17.4 Å². The molecule has 0 atom stereocenters. The summed E-state index contributed by atoms with van der Waals surface area (Å²) in [5.74, 6) is 0.00115. The van der Waals surface area contributed by atoms with Gasteiger partial charge in [-0.05, 0) is 29.7 Å². The third kappa shape index (κ3) is 4.04. The molecule has 4 aromatic rings. The number of rotatable bonds is 6. The minimum Gasteiger partial charge on any atom is -0.355 e. The maximum absolute atomic E-state index is 12.8. The molecule has 0 bridgehead atoms. The molecule has 1 aromatic heterocycles. The van der Waals surface area contributed by atoms with Crippen LogP contribution in [0.25, 0.3) is 10.9 Å². The van der Waals surface area contributed by atoms with Crippen LogP contribution >= 0.6 is 0 Å². The molecule has 0 saturated carbocycles. The van der Waals surface area contributed by atoms with Crippen LogP contribution in [0.1, 0.15) is 23.6 Å². The number of fused-ring (bicyclic) bond motifs is 1. The monoisotopic (exact) mass is 380 g/mol. The van der Waals surface area contributed by atoms with Crippen molar-refractivity contribution in [2.75, 3.05) is 6.54 Å². The zero-order chi connectivity index (χ0) is 20.1. The molecule has 1 N–H and O–H groups in total. The number of aromatic nitrogens is 1. The van der Waals surface area contributed by atoms with Gasteiger partial charge in [0.25, 0.3) is 0 Å². The van der Waals surface area contributed by atoms with Crippen LogP contribution < -0.4 is 5.32 Å². The number of carbonyl (C=O) groups excluding carboxylic acids is 1. The molecule has 1 amide bonds. The van der Waals surface area contributed by atoms with Crippen molar-refractivity contribution in [3.63, 3.8) is 0 Å². The Labute approximate surface area is 171 Å². The van der Waals surface area contributed by atoms with Crippen molar-refractivity contribution in [1.82, 2.24) is 10.3 Å². The quantitative estimate of drug-likeness (QED) is 0.517. The van der Waals surface area contributed by atoms with E-state index in [-0.39, 0.29) is 11.3 Å². The Kier molecular flexibility index (Phi) is 5.39. The third-order valence-electron chi connectivity index (χ3n) is 5.53. The standard InChI is InChI=1S/C26H24N2O/c1-26(22-13-4-2-5-14-22,23-15-6-3-7-16-23)19-28-24(29)18-21-11-8-10-20-12-9-17-27-25(20)21/h2-17H,18-19H2,1H3,(H,28,29). The van der Waals surface area contributed by atoms with Gasteiger partial charge in [-0.2, -0.15) is 0 Å². The van der Waals surface area contributed by atoms with Gasteiger partial charge in [-0.15, -0.1) is 0 Å². The van der Waals surface area contributed by atoms with Gasteiger partial charge in [0.1, 0.15) is 0 Å². The second-order valence-corrected chi connectivity index (χ2v) is 7.51. The zero-order valence-corrected chi connectivity index (χ0v) is 16.5. The van der Waals surface area contributed by atoms with Crippen molar-refractivity contribution in [2.45, 2.75) is 18.8 Å². The number of carbonyl (C=O) groups is 1. The fourth-order valence-corrected chi connectivity index (χ4v) is 3.80. The Bertz CT molecular complexity index is 1060. The summed E-state index contributed by atoms with van der Waals surface area (Å²) in [6.07, 6.45) is 2.08. The maximum atomic E-state index is 12.8. The van der Waals surface area contributed by atoms with Crippen LogP contribution in [0, 0.1) is 0 Å². The van der Waals surface area contributed by atoms with Crippen molar-refractivity contribution in [1.29, 1.82) is 0 Å². The molecule has 3 heteroatoms. The maximum Gasteiger partial charge on any atom is 0.224 e. The highest BCUT2D eigenvalue weighted by molar-refractivity contribution is 5.87. The molecule has 0 fully saturated rings. The molecule has 1 heterocycles. The van der Waals surface area contributed by atoms with E-state index in [9.17, 15) is 4.79 Å². The van der Waals surface area contributed by atoms with Crippen molar-refractivity contribution in [3.05, 3.63) is 114 Å². The van der Waals surface area contributed by atoms with E-state index in [2.05, 4.69) is 41.5 Å². The van der Waals surface area contributed by atoms with E-state index >= 15 is 0 Å². The molecular weight excluding hydrogens is 356 g/mol. The molecular formula is C26H24N2O. The number of amides is 1. The second kappa shape index (κ2) is 8.27. The molecule has 29 heavy (non-hydrogen) atoms. The lowest BCUT2D eigenvalue weighted by Gasteiger charge is -2.31. The molecule has 0 aliphatic carbocycles. The van der Waals surface area contributed by atoms with Gasteiger partial charge < -0.3 is 5.32 Å². The Morgan fingerprint density at radius 3 is 2.10 bits per heavy atom. The second-order valence-electron chi connectivity index (χ2n) is 7.51. The molecule has 0 unspecified atom stereocenters. The molecule has 0 spiro atoms. The lowest BCUT2D eigenvalue weighted by Crippen LogP contribution is -2.40. The Morgan fingerprint density at radius 2 is 1.45 bits per heavy atom. The van der Waals surface area contributed by atoms with Gasteiger partial charge in [-0.3, -0.25) is 9.78 Å². The van der Waals surface area contributed by atoms with E-state index in [4.69, 9.17) is 0 Å². The average molecular weight is 380 g/mol. The summed E-state index contributed by atoms with van der Waals surface area (Å²) < 4.78 is 0. The molecule has 3 nitrogen and oxygen atoms in total. The third-order valence-corrected chi connectivity index (χ3v) is 5.53. The minimum absolute atomic E-state index is 0.00115.